The van der Waals surface area contributed by atoms with Gasteiger partial charge < -0.3 is 9.88 Å². The molecule has 2 amide bonds. The first kappa shape index (κ1) is 23.3. The SMILES string of the molecule is Cc1cc(/C=N\NC(=O)C(=O)Nc2ccc(Br)cc2)c(C)n1-c1ccccc1C(F)(F)F. The number of nitrogens with zero attached hydrogens (tertiary/aromatic N) is 2. The molecule has 166 valence electrons. The Kier molecular flexibility index (Phi) is 6.83. The lowest BCUT2D eigenvalue weighted by atomic mass is 10.1. The van der Waals surface area contributed by atoms with Crippen molar-refractivity contribution >= 4 is 39.6 Å². The molecule has 2 aromatic carbocycles. The molecular formula is C22H18BrF3N4O2. The van der Waals surface area contributed by atoms with Gasteiger partial charge in [0, 0.05) is 27.1 Å². The van der Waals surface area contributed by atoms with E-state index in [0.29, 0.717) is 22.6 Å². The number of para-hydroxylation sites is 1. The summed E-state index contributed by atoms with van der Waals surface area (Å²) < 4.78 is 42.5. The normalized spacial score (nSPS) is 11.6. The van der Waals surface area contributed by atoms with Crippen LogP contribution in [0.2, 0.25) is 0 Å². The van der Waals surface area contributed by atoms with Gasteiger partial charge in [-0.2, -0.15) is 18.3 Å². The van der Waals surface area contributed by atoms with Crippen LogP contribution in [0.5, 0.6) is 0 Å². The van der Waals surface area contributed by atoms with Gasteiger partial charge >= 0.3 is 18.0 Å². The quantitative estimate of drug-likeness (QED) is 0.298. The van der Waals surface area contributed by atoms with Gasteiger partial charge in [-0.25, -0.2) is 5.43 Å². The van der Waals surface area contributed by atoms with Crippen LogP contribution >= 0.6 is 15.9 Å². The highest BCUT2D eigenvalue weighted by Gasteiger charge is 2.34. The second-order valence-electron chi connectivity index (χ2n) is 6.84. The van der Waals surface area contributed by atoms with Crippen LogP contribution in [-0.2, 0) is 15.8 Å². The smallest absolute Gasteiger partial charge is 0.318 e. The van der Waals surface area contributed by atoms with Crippen LogP contribution in [-0.4, -0.2) is 22.6 Å². The number of halogens is 4. The molecule has 0 fully saturated rings. The van der Waals surface area contributed by atoms with Gasteiger partial charge in [-0.05, 0) is 56.3 Å². The molecule has 0 saturated carbocycles. The topological polar surface area (TPSA) is 75.5 Å². The third-order valence-electron chi connectivity index (χ3n) is 4.60. The van der Waals surface area contributed by atoms with E-state index in [2.05, 4.69) is 31.8 Å². The van der Waals surface area contributed by atoms with E-state index in [1.54, 1.807) is 44.2 Å². The first-order valence-electron chi connectivity index (χ1n) is 9.33. The van der Waals surface area contributed by atoms with E-state index in [1.807, 2.05) is 0 Å². The number of aryl methyl sites for hydroxylation is 1. The fraction of sp³-hybridized carbons (Fsp3) is 0.136. The average Bonchev–Trinajstić information content (AvgIpc) is 3.02. The maximum Gasteiger partial charge on any atom is 0.418 e. The van der Waals surface area contributed by atoms with Gasteiger partial charge in [0.1, 0.15) is 0 Å². The molecule has 2 N–H and O–H groups in total. The van der Waals surface area contributed by atoms with Crippen molar-refractivity contribution in [3.63, 3.8) is 0 Å². The Morgan fingerprint density at radius 1 is 1.03 bits per heavy atom. The van der Waals surface area contributed by atoms with Gasteiger partial charge in [0.05, 0.1) is 17.5 Å². The number of carbonyl (C=O) groups is 2. The standard InChI is InChI=1S/C22H18BrF3N4O2/c1-13-11-15(14(2)30(13)19-6-4-3-5-18(19)22(24,25)26)12-27-29-21(32)20(31)28-17-9-7-16(23)8-10-17/h3-12H,1-2H3,(H,28,31)(H,29,32)/b27-12-. The fourth-order valence-electron chi connectivity index (χ4n) is 3.13. The van der Waals surface area contributed by atoms with Crippen molar-refractivity contribution in [1.29, 1.82) is 0 Å². The van der Waals surface area contributed by atoms with Crippen LogP contribution in [0.25, 0.3) is 5.69 Å². The van der Waals surface area contributed by atoms with E-state index in [0.717, 1.165) is 10.5 Å². The van der Waals surface area contributed by atoms with Gasteiger partial charge in [-0.3, -0.25) is 9.59 Å². The first-order chi connectivity index (χ1) is 15.1. The average molecular weight is 507 g/mol. The minimum atomic E-state index is -4.51. The number of rotatable bonds is 4. The third-order valence-corrected chi connectivity index (χ3v) is 5.13. The highest BCUT2D eigenvalue weighted by molar-refractivity contribution is 9.10. The monoisotopic (exact) mass is 506 g/mol. The molecule has 0 radical (unpaired) electrons. The summed E-state index contributed by atoms with van der Waals surface area (Å²) in [5.74, 6) is -1.89. The van der Waals surface area contributed by atoms with Gasteiger partial charge in [-0.15, -0.1) is 0 Å². The van der Waals surface area contributed by atoms with Crippen LogP contribution in [0.15, 0.2) is 64.2 Å². The number of carbonyl (C=O) groups excluding carboxylic acids is 2. The second kappa shape index (κ2) is 9.39. The maximum absolute atomic E-state index is 13.4. The second-order valence-corrected chi connectivity index (χ2v) is 7.75. The zero-order valence-electron chi connectivity index (χ0n) is 17.0. The molecule has 0 atom stereocenters. The number of hydrazone groups is 1. The lowest BCUT2D eigenvalue weighted by molar-refractivity contribution is -0.137. The van der Waals surface area contributed by atoms with Crippen molar-refractivity contribution < 1.29 is 22.8 Å². The van der Waals surface area contributed by atoms with E-state index >= 15 is 0 Å². The van der Waals surface area contributed by atoms with Crippen molar-refractivity contribution in [2.24, 2.45) is 5.10 Å². The fourth-order valence-corrected chi connectivity index (χ4v) is 3.39. The highest BCUT2D eigenvalue weighted by Crippen LogP contribution is 2.35. The van der Waals surface area contributed by atoms with E-state index < -0.39 is 23.6 Å². The molecule has 32 heavy (non-hydrogen) atoms. The summed E-state index contributed by atoms with van der Waals surface area (Å²) in [4.78, 5) is 23.9. The summed E-state index contributed by atoms with van der Waals surface area (Å²) in [5.41, 5.74) is 3.33. The van der Waals surface area contributed by atoms with Crippen molar-refractivity contribution in [3.8, 4) is 5.69 Å². The van der Waals surface area contributed by atoms with Crippen molar-refractivity contribution in [2.75, 3.05) is 5.32 Å². The summed E-state index contributed by atoms with van der Waals surface area (Å²) in [7, 11) is 0. The van der Waals surface area contributed by atoms with Crippen molar-refractivity contribution in [2.45, 2.75) is 20.0 Å². The maximum atomic E-state index is 13.4. The number of aromatic nitrogens is 1. The lowest BCUT2D eigenvalue weighted by Crippen LogP contribution is -2.32. The van der Waals surface area contributed by atoms with Crippen molar-refractivity contribution in [1.82, 2.24) is 9.99 Å². The summed E-state index contributed by atoms with van der Waals surface area (Å²) in [5, 5.41) is 6.20. The number of anilines is 1. The van der Waals surface area contributed by atoms with E-state index in [4.69, 9.17) is 0 Å². The van der Waals surface area contributed by atoms with E-state index in [9.17, 15) is 22.8 Å². The Labute approximate surface area is 190 Å². The highest BCUT2D eigenvalue weighted by atomic mass is 79.9. The Hall–Kier alpha value is -3.40. The molecule has 1 heterocycles. The summed E-state index contributed by atoms with van der Waals surface area (Å²) in [6, 6.07) is 13.6. The van der Waals surface area contributed by atoms with Crippen molar-refractivity contribution in [3.05, 3.63) is 81.6 Å². The predicted molar refractivity (Wildman–Crippen MR) is 119 cm³/mol. The minimum Gasteiger partial charge on any atom is -0.318 e. The van der Waals surface area contributed by atoms with Crippen LogP contribution in [0.3, 0.4) is 0 Å². The largest absolute Gasteiger partial charge is 0.418 e. The van der Waals surface area contributed by atoms with Gasteiger partial charge in [0.25, 0.3) is 0 Å². The Balaban J connectivity index is 1.75. The van der Waals surface area contributed by atoms with Gasteiger partial charge in [-0.1, -0.05) is 28.1 Å². The minimum absolute atomic E-state index is 0.00689. The molecule has 6 nitrogen and oxygen atoms in total. The number of hydrogen-bond acceptors (Lipinski definition) is 3. The Morgan fingerprint density at radius 3 is 2.34 bits per heavy atom. The zero-order valence-corrected chi connectivity index (χ0v) is 18.6. The molecule has 0 aliphatic rings. The van der Waals surface area contributed by atoms with Crippen LogP contribution < -0.4 is 10.7 Å². The predicted octanol–water partition coefficient (Wildman–Crippen LogP) is 4.96. The molecule has 0 bridgehead atoms. The zero-order chi connectivity index (χ0) is 23.5. The van der Waals surface area contributed by atoms with Crippen LogP contribution in [0.4, 0.5) is 18.9 Å². The van der Waals surface area contributed by atoms with E-state index in [1.165, 1.54) is 29.0 Å². The summed E-state index contributed by atoms with van der Waals surface area (Å²) in [6.45, 7) is 3.31. The number of nitrogens with one attached hydrogen (secondary N) is 2. The Morgan fingerprint density at radius 2 is 1.69 bits per heavy atom. The third kappa shape index (κ3) is 5.25. The molecule has 3 rings (SSSR count). The molecule has 0 aliphatic heterocycles. The van der Waals surface area contributed by atoms with Gasteiger partial charge in [0.15, 0.2) is 0 Å². The number of benzene rings is 2. The molecular weight excluding hydrogens is 489 g/mol. The molecule has 0 unspecified atom stereocenters. The number of alkyl halides is 3. The number of hydrogen-bond donors (Lipinski definition) is 2. The Bertz CT molecular complexity index is 1180. The number of amides is 2. The van der Waals surface area contributed by atoms with E-state index in [-0.39, 0.29) is 5.69 Å². The summed E-state index contributed by atoms with van der Waals surface area (Å²) >= 11 is 3.27. The molecule has 3 aromatic rings. The molecule has 0 saturated heterocycles. The molecule has 0 aliphatic carbocycles. The summed E-state index contributed by atoms with van der Waals surface area (Å²) in [6.07, 6.45) is -3.23. The van der Waals surface area contributed by atoms with Gasteiger partial charge in [0.2, 0.25) is 0 Å². The molecule has 1 aromatic heterocycles. The lowest BCUT2D eigenvalue weighted by Gasteiger charge is -2.16. The van der Waals surface area contributed by atoms with Crippen LogP contribution in [0, 0.1) is 13.8 Å². The first-order valence-corrected chi connectivity index (χ1v) is 10.1. The molecule has 0 spiro atoms. The van der Waals surface area contributed by atoms with Crippen LogP contribution in [0.1, 0.15) is 22.5 Å². The molecule has 10 heteroatoms.